The summed E-state index contributed by atoms with van der Waals surface area (Å²) < 4.78 is 0. The number of carboxylic acids is 3. The minimum absolute atomic E-state index is 0. The molecule has 0 bridgehead atoms. The normalized spacial score (nSPS) is 10.1. The van der Waals surface area contributed by atoms with Gasteiger partial charge in [-0.3, -0.25) is 14.4 Å². The van der Waals surface area contributed by atoms with Gasteiger partial charge in [-0.15, -0.1) is 0 Å². The molecule has 0 rings (SSSR count). The molecule has 0 aromatic carbocycles. The zero-order chi connectivity index (χ0) is 31.9. The summed E-state index contributed by atoms with van der Waals surface area (Å²) in [6.45, 7) is 6.68. The first-order chi connectivity index (χ1) is 20.3. The predicted octanol–water partition coefficient (Wildman–Crippen LogP) is 12.0. The van der Waals surface area contributed by atoms with Crippen molar-refractivity contribution in [3.05, 3.63) is 0 Å². The van der Waals surface area contributed by atoms with Crippen LogP contribution in [0, 0.1) is 0 Å². The van der Waals surface area contributed by atoms with Crippen molar-refractivity contribution in [1.29, 1.82) is 0 Å². The van der Waals surface area contributed by atoms with E-state index in [1.807, 2.05) is 0 Å². The molecule has 6 nitrogen and oxygen atoms in total. The quantitative estimate of drug-likeness (QED) is 0.0666. The van der Waals surface area contributed by atoms with Gasteiger partial charge in [0.25, 0.3) is 0 Å². The van der Waals surface area contributed by atoms with Crippen molar-refractivity contribution in [2.45, 2.75) is 213 Å². The number of rotatable bonds is 30. The Morgan fingerprint density at radius 2 is 0.442 bits per heavy atom. The Bertz CT molecular complexity index is 480. The number of aliphatic carboxylic acids is 3. The predicted molar refractivity (Wildman–Crippen MR) is 178 cm³/mol. The number of carbonyl (C=O) groups is 3. The average Bonchev–Trinajstić information content (AvgIpc) is 2.95. The van der Waals surface area contributed by atoms with Gasteiger partial charge in [-0.05, 0) is 19.3 Å². The molecule has 0 fully saturated rings. The van der Waals surface area contributed by atoms with Gasteiger partial charge in [0.05, 0.1) is 0 Å². The van der Waals surface area contributed by atoms with Crippen LogP contribution in [0.3, 0.4) is 0 Å². The van der Waals surface area contributed by atoms with Crippen molar-refractivity contribution < 1.29 is 47.1 Å². The van der Waals surface area contributed by atoms with Crippen LogP contribution in [-0.2, 0) is 31.7 Å². The van der Waals surface area contributed by atoms with E-state index in [9.17, 15) is 14.4 Å². The molecule has 255 valence electrons. The second kappa shape index (κ2) is 45.4. The maximum absolute atomic E-state index is 10.2. The summed E-state index contributed by atoms with van der Waals surface area (Å²) in [7, 11) is 0. The fourth-order valence-corrected chi connectivity index (χ4v) is 4.76. The van der Waals surface area contributed by atoms with Crippen LogP contribution in [-0.4, -0.2) is 33.2 Å². The van der Waals surface area contributed by atoms with Crippen LogP contribution in [0.4, 0.5) is 0 Å². The van der Waals surface area contributed by atoms with E-state index >= 15 is 0 Å². The van der Waals surface area contributed by atoms with Crippen molar-refractivity contribution >= 4 is 17.9 Å². The Balaban J connectivity index is -0.000000262. The van der Waals surface area contributed by atoms with E-state index in [0.29, 0.717) is 19.3 Å². The average molecular weight is 653 g/mol. The van der Waals surface area contributed by atoms with E-state index in [-0.39, 0.29) is 17.4 Å². The summed E-state index contributed by atoms with van der Waals surface area (Å²) in [5.74, 6) is -1.98. The molecular formula is C36H72CrO6+3. The number of carboxylic acid groups (broad SMARTS) is 3. The van der Waals surface area contributed by atoms with Crippen molar-refractivity contribution in [2.24, 2.45) is 0 Å². The minimum Gasteiger partial charge on any atom is -0.481 e. The van der Waals surface area contributed by atoms with Gasteiger partial charge in [-0.2, -0.15) is 0 Å². The molecule has 0 aliphatic heterocycles. The second-order valence-corrected chi connectivity index (χ2v) is 11.9. The smallest absolute Gasteiger partial charge is 0.481 e. The summed E-state index contributed by atoms with van der Waals surface area (Å²) in [5.41, 5.74) is 0. The minimum atomic E-state index is -0.659. The van der Waals surface area contributed by atoms with E-state index in [4.69, 9.17) is 15.3 Å². The maximum Gasteiger partial charge on any atom is 3.00 e. The molecule has 43 heavy (non-hydrogen) atoms. The van der Waals surface area contributed by atoms with Gasteiger partial charge in [0, 0.05) is 19.3 Å². The maximum atomic E-state index is 10.2. The van der Waals surface area contributed by atoms with Crippen LogP contribution in [0.5, 0.6) is 0 Å². The van der Waals surface area contributed by atoms with E-state index < -0.39 is 17.9 Å². The molecular weight excluding hydrogens is 580 g/mol. The molecule has 0 aromatic heterocycles. The van der Waals surface area contributed by atoms with Crippen molar-refractivity contribution in [1.82, 2.24) is 0 Å². The number of hydrogen-bond donors (Lipinski definition) is 3. The second-order valence-electron chi connectivity index (χ2n) is 11.9. The van der Waals surface area contributed by atoms with Gasteiger partial charge >= 0.3 is 35.3 Å². The molecule has 0 saturated carbocycles. The Kier molecular flexibility index (Phi) is 51.5. The van der Waals surface area contributed by atoms with Gasteiger partial charge in [0.15, 0.2) is 0 Å². The third kappa shape index (κ3) is 60.9. The third-order valence-electron chi connectivity index (χ3n) is 7.48. The van der Waals surface area contributed by atoms with Crippen LogP contribution < -0.4 is 0 Å². The molecule has 0 aliphatic rings. The summed E-state index contributed by atoms with van der Waals surface area (Å²) >= 11 is 0. The van der Waals surface area contributed by atoms with Gasteiger partial charge in [0.2, 0.25) is 0 Å². The summed E-state index contributed by atoms with van der Waals surface area (Å²) in [4.78, 5) is 30.6. The summed E-state index contributed by atoms with van der Waals surface area (Å²) in [5, 5.41) is 25.2. The van der Waals surface area contributed by atoms with Crippen LogP contribution in [0.1, 0.15) is 213 Å². The van der Waals surface area contributed by atoms with E-state index in [0.717, 1.165) is 38.5 Å². The third-order valence-corrected chi connectivity index (χ3v) is 7.48. The number of hydrogen-bond acceptors (Lipinski definition) is 3. The zero-order valence-corrected chi connectivity index (χ0v) is 30.0. The van der Waals surface area contributed by atoms with Crippen LogP contribution in [0.15, 0.2) is 0 Å². The van der Waals surface area contributed by atoms with Crippen LogP contribution in [0.25, 0.3) is 0 Å². The molecule has 0 heterocycles. The molecule has 0 aliphatic carbocycles. The van der Waals surface area contributed by atoms with Crippen LogP contribution >= 0.6 is 0 Å². The molecule has 0 spiro atoms. The Hall–Kier alpha value is -1.06. The van der Waals surface area contributed by atoms with Crippen LogP contribution in [0.2, 0.25) is 0 Å². The summed E-state index contributed by atoms with van der Waals surface area (Å²) in [6.07, 6.45) is 34.4. The van der Waals surface area contributed by atoms with Gasteiger partial charge in [-0.1, -0.05) is 175 Å². The molecule has 1 radical (unpaired) electrons. The number of unbranched alkanes of at least 4 members (excludes halogenated alkanes) is 24. The Morgan fingerprint density at radius 3 is 0.581 bits per heavy atom. The van der Waals surface area contributed by atoms with Gasteiger partial charge in [0.1, 0.15) is 0 Å². The zero-order valence-electron chi connectivity index (χ0n) is 28.7. The fourth-order valence-electron chi connectivity index (χ4n) is 4.76. The molecule has 0 atom stereocenters. The fraction of sp³-hybridized carbons (Fsp3) is 0.917. The van der Waals surface area contributed by atoms with E-state index in [2.05, 4.69) is 20.8 Å². The molecule has 3 N–H and O–H groups in total. The first-order valence-electron chi connectivity index (χ1n) is 18.0. The monoisotopic (exact) mass is 652 g/mol. The largest absolute Gasteiger partial charge is 3.00 e. The van der Waals surface area contributed by atoms with E-state index in [1.54, 1.807) is 0 Å². The standard InChI is InChI=1S/3C12H24O2.Cr/c3*1-2-3-4-5-6-7-8-9-10-11-12(13)14;/h3*2-11H2,1H3,(H,13,14);/q;;;+3. The molecule has 7 heteroatoms. The summed E-state index contributed by atoms with van der Waals surface area (Å²) in [6, 6.07) is 0. The topological polar surface area (TPSA) is 112 Å². The van der Waals surface area contributed by atoms with Gasteiger partial charge in [-0.25, -0.2) is 0 Å². The molecule has 0 amide bonds. The molecule has 0 unspecified atom stereocenters. The Morgan fingerprint density at radius 1 is 0.302 bits per heavy atom. The van der Waals surface area contributed by atoms with Gasteiger partial charge < -0.3 is 15.3 Å². The Labute approximate surface area is 277 Å². The van der Waals surface area contributed by atoms with Crippen molar-refractivity contribution in [3.8, 4) is 0 Å². The van der Waals surface area contributed by atoms with Crippen molar-refractivity contribution in [2.75, 3.05) is 0 Å². The SMILES string of the molecule is CCCCCCCCCCCC(=O)O.CCCCCCCCCCCC(=O)O.CCCCCCCCCCCC(=O)O.[Cr+3]. The first-order valence-corrected chi connectivity index (χ1v) is 18.0. The molecule has 0 saturated heterocycles. The molecule has 0 aromatic rings. The van der Waals surface area contributed by atoms with E-state index in [1.165, 1.54) is 135 Å². The first kappa shape index (κ1) is 48.8. The van der Waals surface area contributed by atoms with Crippen molar-refractivity contribution in [3.63, 3.8) is 0 Å².